The zero-order valence-electron chi connectivity index (χ0n) is 11.6. The van der Waals surface area contributed by atoms with Crippen LogP contribution in [0.1, 0.15) is 36.2 Å². The minimum absolute atomic E-state index is 0.0282. The molecule has 1 saturated heterocycles. The van der Waals surface area contributed by atoms with Crippen molar-refractivity contribution in [3.8, 4) is 0 Å². The molecule has 2 rings (SSSR count). The van der Waals surface area contributed by atoms with Gasteiger partial charge in [-0.15, -0.1) is 0 Å². The van der Waals surface area contributed by atoms with Gasteiger partial charge in [-0.1, -0.05) is 6.92 Å². The maximum Gasteiger partial charge on any atom is 0.254 e. The zero-order valence-corrected chi connectivity index (χ0v) is 11.6. The smallest absolute Gasteiger partial charge is 0.254 e. The Balaban J connectivity index is 2.25. The fraction of sp³-hybridized carbons (Fsp3) is 0.533. The first kappa shape index (κ1) is 14.0. The van der Waals surface area contributed by atoms with Crippen LogP contribution >= 0.6 is 0 Å². The Hall–Kier alpha value is -1.42. The largest absolute Gasteiger partial charge is 0.375 e. The lowest BCUT2D eigenvalue weighted by atomic mass is 10.0. The molecule has 0 aromatic heterocycles. The first-order valence-electron chi connectivity index (χ1n) is 6.71. The molecular formula is C15H20FNO2. The first-order valence-corrected chi connectivity index (χ1v) is 6.71. The molecule has 0 aliphatic carbocycles. The van der Waals surface area contributed by atoms with Gasteiger partial charge in [0.25, 0.3) is 5.91 Å². The Labute approximate surface area is 113 Å². The number of ether oxygens (including phenoxy) is 1. The molecule has 0 spiro atoms. The van der Waals surface area contributed by atoms with Gasteiger partial charge in [0.15, 0.2) is 0 Å². The van der Waals surface area contributed by atoms with Crippen molar-refractivity contribution in [2.45, 2.75) is 39.3 Å². The lowest BCUT2D eigenvalue weighted by Gasteiger charge is -2.38. The number of hydrogen-bond acceptors (Lipinski definition) is 2. The second kappa shape index (κ2) is 5.70. The van der Waals surface area contributed by atoms with Crippen molar-refractivity contribution >= 4 is 5.91 Å². The van der Waals surface area contributed by atoms with Gasteiger partial charge in [0, 0.05) is 12.1 Å². The van der Waals surface area contributed by atoms with Gasteiger partial charge in [0.1, 0.15) is 5.82 Å². The third kappa shape index (κ3) is 2.95. The molecule has 1 aliphatic heterocycles. The van der Waals surface area contributed by atoms with Crippen molar-refractivity contribution in [3.63, 3.8) is 0 Å². The number of aryl methyl sites for hydroxylation is 1. The number of benzene rings is 1. The quantitative estimate of drug-likeness (QED) is 0.823. The van der Waals surface area contributed by atoms with Crippen LogP contribution in [0.15, 0.2) is 18.2 Å². The standard InChI is InChI=1S/C15H20FNO2/c1-4-13-9-19-11(3)8-17(13)15(18)14-6-5-12(16)7-10(14)2/h5-7,11,13H,4,8-9H2,1-3H3. The van der Waals surface area contributed by atoms with E-state index in [9.17, 15) is 9.18 Å². The Morgan fingerprint density at radius 3 is 2.89 bits per heavy atom. The van der Waals surface area contributed by atoms with Gasteiger partial charge >= 0.3 is 0 Å². The number of carbonyl (C=O) groups excluding carboxylic acids is 1. The van der Waals surface area contributed by atoms with Crippen molar-refractivity contribution in [2.75, 3.05) is 13.2 Å². The highest BCUT2D eigenvalue weighted by molar-refractivity contribution is 5.95. The Bertz CT molecular complexity index is 475. The molecule has 104 valence electrons. The van der Waals surface area contributed by atoms with Crippen LogP contribution in [0, 0.1) is 12.7 Å². The molecule has 1 amide bonds. The predicted molar refractivity (Wildman–Crippen MR) is 71.7 cm³/mol. The molecule has 1 aromatic rings. The summed E-state index contributed by atoms with van der Waals surface area (Å²) in [6.07, 6.45) is 0.908. The van der Waals surface area contributed by atoms with Gasteiger partial charge in [-0.3, -0.25) is 4.79 Å². The molecule has 0 bridgehead atoms. The van der Waals surface area contributed by atoms with E-state index in [1.807, 2.05) is 18.7 Å². The maximum absolute atomic E-state index is 13.1. The molecule has 0 N–H and O–H groups in total. The number of morpholine rings is 1. The van der Waals surface area contributed by atoms with Gasteiger partial charge in [-0.25, -0.2) is 4.39 Å². The highest BCUT2D eigenvalue weighted by Crippen LogP contribution is 2.20. The SMILES string of the molecule is CCC1COC(C)CN1C(=O)c1ccc(F)cc1C. The normalized spacial score (nSPS) is 23.5. The molecule has 1 aliphatic rings. The van der Waals surface area contributed by atoms with Crippen LogP contribution in [-0.4, -0.2) is 36.1 Å². The van der Waals surface area contributed by atoms with E-state index in [4.69, 9.17) is 4.74 Å². The Morgan fingerprint density at radius 2 is 2.26 bits per heavy atom. The molecule has 1 fully saturated rings. The van der Waals surface area contributed by atoms with Crippen LogP contribution in [-0.2, 0) is 4.74 Å². The molecule has 4 heteroatoms. The van der Waals surface area contributed by atoms with Crippen molar-refractivity contribution < 1.29 is 13.9 Å². The molecule has 1 heterocycles. The lowest BCUT2D eigenvalue weighted by Crippen LogP contribution is -2.51. The summed E-state index contributed by atoms with van der Waals surface area (Å²) < 4.78 is 18.7. The fourth-order valence-corrected chi connectivity index (χ4v) is 2.45. The second-order valence-electron chi connectivity index (χ2n) is 5.12. The lowest BCUT2D eigenvalue weighted by molar-refractivity contribution is -0.0444. The van der Waals surface area contributed by atoms with Gasteiger partial charge in [0.2, 0.25) is 0 Å². The molecule has 19 heavy (non-hydrogen) atoms. The summed E-state index contributed by atoms with van der Waals surface area (Å²) in [5.74, 6) is -0.337. The minimum atomic E-state index is -0.309. The third-order valence-electron chi connectivity index (χ3n) is 3.62. The van der Waals surface area contributed by atoms with Crippen LogP contribution in [0.3, 0.4) is 0 Å². The van der Waals surface area contributed by atoms with Crippen LogP contribution in [0.5, 0.6) is 0 Å². The van der Waals surface area contributed by atoms with E-state index in [-0.39, 0.29) is 23.9 Å². The van der Waals surface area contributed by atoms with Crippen molar-refractivity contribution in [1.82, 2.24) is 4.90 Å². The van der Waals surface area contributed by atoms with E-state index in [2.05, 4.69) is 0 Å². The fourth-order valence-electron chi connectivity index (χ4n) is 2.45. The van der Waals surface area contributed by atoms with Crippen LogP contribution in [0.2, 0.25) is 0 Å². The van der Waals surface area contributed by atoms with E-state index >= 15 is 0 Å². The summed E-state index contributed by atoms with van der Waals surface area (Å²) in [5, 5.41) is 0. The third-order valence-corrected chi connectivity index (χ3v) is 3.62. The van der Waals surface area contributed by atoms with Crippen molar-refractivity contribution in [3.05, 3.63) is 35.1 Å². The number of nitrogens with zero attached hydrogens (tertiary/aromatic N) is 1. The van der Waals surface area contributed by atoms with Gasteiger partial charge in [-0.2, -0.15) is 0 Å². The maximum atomic E-state index is 13.1. The average Bonchev–Trinajstić information content (AvgIpc) is 2.38. The van der Waals surface area contributed by atoms with Crippen molar-refractivity contribution in [2.24, 2.45) is 0 Å². The summed E-state index contributed by atoms with van der Waals surface area (Å²) in [6, 6.07) is 4.41. The topological polar surface area (TPSA) is 29.5 Å². The number of carbonyl (C=O) groups is 1. The average molecular weight is 265 g/mol. The molecule has 0 radical (unpaired) electrons. The number of amides is 1. The molecule has 0 saturated carbocycles. The molecule has 3 nitrogen and oxygen atoms in total. The summed E-state index contributed by atoms with van der Waals surface area (Å²) in [7, 11) is 0. The zero-order chi connectivity index (χ0) is 14.0. The van der Waals surface area contributed by atoms with Gasteiger partial charge in [0.05, 0.1) is 18.8 Å². The Morgan fingerprint density at radius 1 is 1.53 bits per heavy atom. The predicted octanol–water partition coefficient (Wildman–Crippen LogP) is 2.77. The molecule has 1 aromatic carbocycles. The van der Waals surface area contributed by atoms with Crippen LogP contribution in [0.25, 0.3) is 0 Å². The van der Waals surface area contributed by atoms with E-state index in [1.54, 1.807) is 13.0 Å². The number of hydrogen-bond donors (Lipinski definition) is 0. The van der Waals surface area contributed by atoms with E-state index < -0.39 is 0 Å². The second-order valence-corrected chi connectivity index (χ2v) is 5.12. The summed E-state index contributed by atoms with van der Waals surface area (Å²) >= 11 is 0. The molecule has 2 atom stereocenters. The van der Waals surface area contributed by atoms with Gasteiger partial charge in [-0.05, 0) is 44.0 Å². The number of rotatable bonds is 2. The summed E-state index contributed by atoms with van der Waals surface area (Å²) in [4.78, 5) is 14.5. The Kier molecular flexibility index (Phi) is 4.20. The highest BCUT2D eigenvalue weighted by atomic mass is 19.1. The molecular weight excluding hydrogens is 245 g/mol. The molecule has 2 unspecified atom stereocenters. The van der Waals surface area contributed by atoms with Crippen LogP contribution < -0.4 is 0 Å². The van der Waals surface area contributed by atoms with E-state index in [1.165, 1.54) is 12.1 Å². The van der Waals surface area contributed by atoms with E-state index in [0.717, 1.165) is 6.42 Å². The highest BCUT2D eigenvalue weighted by Gasteiger charge is 2.30. The van der Waals surface area contributed by atoms with Crippen LogP contribution in [0.4, 0.5) is 4.39 Å². The van der Waals surface area contributed by atoms with Crippen molar-refractivity contribution in [1.29, 1.82) is 0 Å². The minimum Gasteiger partial charge on any atom is -0.375 e. The summed E-state index contributed by atoms with van der Waals surface area (Å²) in [6.45, 7) is 6.93. The monoisotopic (exact) mass is 265 g/mol. The summed E-state index contributed by atoms with van der Waals surface area (Å²) in [5.41, 5.74) is 1.26. The number of halogens is 1. The van der Waals surface area contributed by atoms with Gasteiger partial charge < -0.3 is 9.64 Å². The first-order chi connectivity index (χ1) is 9.02. The van der Waals surface area contributed by atoms with E-state index in [0.29, 0.717) is 24.3 Å².